The van der Waals surface area contributed by atoms with Crippen LogP contribution in [0.25, 0.3) is 10.6 Å². The highest BCUT2D eigenvalue weighted by atomic mass is 32.1. The second-order valence-corrected chi connectivity index (χ2v) is 10.4. The summed E-state index contributed by atoms with van der Waals surface area (Å²) >= 11 is 1.60. The van der Waals surface area contributed by atoms with Crippen LogP contribution in [0.3, 0.4) is 0 Å². The van der Waals surface area contributed by atoms with Gasteiger partial charge in [-0.1, -0.05) is 49.6 Å². The summed E-state index contributed by atoms with van der Waals surface area (Å²) in [5.41, 5.74) is 2.45. The molecule has 1 fully saturated rings. The third-order valence-corrected chi connectivity index (χ3v) is 7.98. The Bertz CT molecular complexity index is 1160. The molecular formula is C26H30N4O2S. The first-order valence-corrected chi connectivity index (χ1v) is 12.6. The van der Waals surface area contributed by atoms with Gasteiger partial charge in [0.1, 0.15) is 16.9 Å². The summed E-state index contributed by atoms with van der Waals surface area (Å²) in [6.07, 6.45) is 5.51. The molecule has 1 N–H and O–H groups in total. The fourth-order valence-corrected chi connectivity index (χ4v) is 5.66. The summed E-state index contributed by atoms with van der Waals surface area (Å²) in [6.45, 7) is 4.66. The molecule has 0 bridgehead atoms. The molecule has 1 saturated carbocycles. The van der Waals surface area contributed by atoms with Crippen LogP contribution in [-0.4, -0.2) is 38.1 Å². The van der Waals surface area contributed by atoms with E-state index >= 15 is 0 Å². The van der Waals surface area contributed by atoms with E-state index in [4.69, 9.17) is 5.10 Å². The van der Waals surface area contributed by atoms with E-state index in [0.717, 1.165) is 47.4 Å². The van der Waals surface area contributed by atoms with Crippen molar-refractivity contribution in [3.63, 3.8) is 0 Å². The van der Waals surface area contributed by atoms with Crippen LogP contribution in [0.2, 0.25) is 0 Å². The quantitative estimate of drug-likeness (QED) is 0.593. The van der Waals surface area contributed by atoms with Crippen molar-refractivity contribution in [2.75, 3.05) is 0 Å². The first kappa shape index (κ1) is 21.9. The van der Waals surface area contributed by atoms with E-state index in [0.29, 0.717) is 18.8 Å². The molecule has 2 amide bonds. The highest BCUT2D eigenvalue weighted by Crippen LogP contribution is 2.33. The van der Waals surface area contributed by atoms with Crippen molar-refractivity contribution in [2.24, 2.45) is 0 Å². The molecule has 1 aliphatic heterocycles. The van der Waals surface area contributed by atoms with E-state index in [9.17, 15) is 9.59 Å². The molecule has 0 saturated heterocycles. The topological polar surface area (TPSA) is 67.2 Å². The lowest BCUT2D eigenvalue weighted by Gasteiger charge is -2.44. The summed E-state index contributed by atoms with van der Waals surface area (Å²) < 4.78 is 1.73. The van der Waals surface area contributed by atoms with Gasteiger partial charge in [0.2, 0.25) is 5.91 Å². The number of thiophene rings is 1. The average Bonchev–Trinajstić information content (AvgIpc) is 3.48. The molecule has 2 aromatic heterocycles. The zero-order valence-electron chi connectivity index (χ0n) is 19.2. The number of aromatic nitrogens is 2. The number of carbonyl (C=O) groups is 2. The van der Waals surface area contributed by atoms with Crippen molar-refractivity contribution in [3.05, 3.63) is 64.7 Å². The Morgan fingerprint density at radius 3 is 2.70 bits per heavy atom. The Morgan fingerprint density at radius 1 is 1.18 bits per heavy atom. The van der Waals surface area contributed by atoms with Gasteiger partial charge < -0.3 is 10.2 Å². The molecule has 5 rings (SSSR count). The van der Waals surface area contributed by atoms with Crippen LogP contribution in [-0.2, 0) is 17.9 Å². The number of hydrogen-bond donors (Lipinski definition) is 1. The maximum absolute atomic E-state index is 13.8. The van der Waals surface area contributed by atoms with Gasteiger partial charge in [-0.25, -0.2) is 0 Å². The number of benzene rings is 1. The minimum absolute atomic E-state index is 0.0878. The second-order valence-electron chi connectivity index (χ2n) is 9.45. The van der Waals surface area contributed by atoms with Gasteiger partial charge >= 0.3 is 0 Å². The van der Waals surface area contributed by atoms with Crippen molar-refractivity contribution in [1.82, 2.24) is 20.0 Å². The zero-order valence-corrected chi connectivity index (χ0v) is 20.0. The largest absolute Gasteiger partial charge is 0.351 e. The molecule has 6 nitrogen and oxygen atoms in total. The molecule has 7 heteroatoms. The van der Waals surface area contributed by atoms with Gasteiger partial charge in [0.25, 0.3) is 5.91 Å². The third kappa shape index (κ3) is 4.10. The molecule has 3 heterocycles. The van der Waals surface area contributed by atoms with Gasteiger partial charge in [-0.2, -0.15) is 5.10 Å². The minimum atomic E-state index is -1.03. The van der Waals surface area contributed by atoms with Crippen molar-refractivity contribution < 1.29 is 9.59 Å². The van der Waals surface area contributed by atoms with Crippen LogP contribution in [0.5, 0.6) is 0 Å². The van der Waals surface area contributed by atoms with E-state index in [-0.39, 0.29) is 17.9 Å². The van der Waals surface area contributed by atoms with E-state index in [2.05, 4.69) is 5.32 Å². The summed E-state index contributed by atoms with van der Waals surface area (Å²) in [5.74, 6) is -0.240. The number of aryl methyl sites for hydroxylation is 1. The Kier molecular flexibility index (Phi) is 5.83. The Morgan fingerprint density at radius 2 is 1.97 bits per heavy atom. The van der Waals surface area contributed by atoms with Gasteiger partial charge in [0.05, 0.1) is 11.4 Å². The molecule has 33 heavy (non-hydrogen) atoms. The standard InChI is InChI=1S/C26H30N4O2S/c1-18-9-6-7-10-19(18)16-29-24(31)22-15-21(23-13-8-14-33-23)28-30(22)17-26(29,2)25(32)27-20-11-4-3-5-12-20/h6-10,13-15,20H,3-5,11-12,16-17H2,1-2H3,(H,27,32). The number of rotatable bonds is 5. The molecule has 0 spiro atoms. The lowest BCUT2D eigenvalue weighted by Crippen LogP contribution is -2.64. The van der Waals surface area contributed by atoms with Crippen LogP contribution >= 0.6 is 11.3 Å². The van der Waals surface area contributed by atoms with Crippen LogP contribution in [0, 0.1) is 6.92 Å². The number of nitrogens with zero attached hydrogens (tertiary/aromatic N) is 3. The fraction of sp³-hybridized carbons (Fsp3) is 0.423. The molecule has 1 aliphatic carbocycles. The van der Waals surface area contributed by atoms with E-state index in [1.807, 2.05) is 61.7 Å². The Hall–Kier alpha value is -2.93. The Labute approximate surface area is 198 Å². The van der Waals surface area contributed by atoms with Crippen LogP contribution in [0.1, 0.15) is 60.6 Å². The van der Waals surface area contributed by atoms with Crippen LogP contribution in [0.15, 0.2) is 47.8 Å². The highest BCUT2D eigenvalue weighted by molar-refractivity contribution is 7.13. The minimum Gasteiger partial charge on any atom is -0.351 e. The van der Waals surface area contributed by atoms with Crippen LogP contribution in [0.4, 0.5) is 0 Å². The lowest BCUT2D eigenvalue weighted by atomic mass is 9.91. The zero-order chi connectivity index (χ0) is 23.0. The number of carbonyl (C=O) groups excluding carboxylic acids is 2. The predicted molar refractivity (Wildman–Crippen MR) is 130 cm³/mol. The van der Waals surface area contributed by atoms with Gasteiger partial charge in [0, 0.05) is 12.6 Å². The van der Waals surface area contributed by atoms with E-state index in [1.54, 1.807) is 20.9 Å². The summed E-state index contributed by atoms with van der Waals surface area (Å²) in [7, 11) is 0. The normalized spacial score (nSPS) is 21.2. The van der Waals surface area contributed by atoms with E-state index in [1.165, 1.54) is 6.42 Å². The van der Waals surface area contributed by atoms with Crippen molar-refractivity contribution >= 4 is 23.2 Å². The monoisotopic (exact) mass is 462 g/mol. The smallest absolute Gasteiger partial charge is 0.273 e. The molecular weight excluding hydrogens is 432 g/mol. The SMILES string of the molecule is Cc1ccccc1CN1C(=O)c2cc(-c3cccs3)nn2CC1(C)C(=O)NC1CCCCC1. The third-order valence-electron chi connectivity index (χ3n) is 7.09. The molecule has 3 aromatic rings. The molecule has 1 unspecified atom stereocenters. The Balaban J connectivity index is 1.52. The first-order chi connectivity index (χ1) is 16.0. The first-order valence-electron chi connectivity index (χ1n) is 11.7. The number of nitrogens with one attached hydrogen (secondary N) is 1. The maximum Gasteiger partial charge on any atom is 0.273 e. The maximum atomic E-state index is 13.8. The molecule has 0 radical (unpaired) electrons. The lowest BCUT2D eigenvalue weighted by molar-refractivity contribution is -0.134. The van der Waals surface area contributed by atoms with Crippen molar-refractivity contribution in [3.8, 4) is 10.6 Å². The second kappa shape index (κ2) is 8.78. The van der Waals surface area contributed by atoms with Crippen molar-refractivity contribution in [2.45, 2.75) is 70.6 Å². The molecule has 1 aromatic carbocycles. The summed E-state index contributed by atoms with van der Waals surface area (Å²) in [6, 6.07) is 14.1. The van der Waals surface area contributed by atoms with Gasteiger partial charge in [0.15, 0.2) is 0 Å². The van der Waals surface area contributed by atoms with Crippen molar-refractivity contribution in [1.29, 1.82) is 0 Å². The van der Waals surface area contributed by atoms with E-state index < -0.39 is 5.54 Å². The summed E-state index contributed by atoms with van der Waals surface area (Å²) in [5, 5.41) is 10.0. The summed E-state index contributed by atoms with van der Waals surface area (Å²) in [4.78, 5) is 30.3. The number of amides is 2. The number of fused-ring (bicyclic) bond motifs is 1. The van der Waals surface area contributed by atoms with Crippen LogP contribution < -0.4 is 5.32 Å². The fourth-order valence-electron chi connectivity index (χ4n) is 4.98. The molecule has 172 valence electrons. The average molecular weight is 463 g/mol. The van der Waals surface area contributed by atoms with Gasteiger partial charge in [-0.05, 0) is 55.3 Å². The number of hydrogen-bond acceptors (Lipinski definition) is 4. The predicted octanol–water partition coefficient (Wildman–Crippen LogP) is 4.78. The molecule has 1 atom stereocenters. The highest BCUT2D eigenvalue weighted by Gasteiger charge is 2.48. The van der Waals surface area contributed by atoms with Gasteiger partial charge in [-0.3, -0.25) is 14.3 Å². The molecule has 2 aliphatic rings. The van der Waals surface area contributed by atoms with Gasteiger partial charge in [-0.15, -0.1) is 11.3 Å².